The Hall–Kier alpha value is -2.17. The maximum atomic E-state index is 13.2. The van der Waals surface area contributed by atoms with Crippen molar-refractivity contribution in [1.82, 2.24) is 4.90 Å². The minimum absolute atomic E-state index is 0. The second kappa shape index (κ2) is 11.4. The van der Waals surface area contributed by atoms with E-state index in [1.54, 1.807) is 38.1 Å². The van der Waals surface area contributed by atoms with E-state index in [-0.39, 0.29) is 23.1 Å². The summed E-state index contributed by atoms with van der Waals surface area (Å²) in [6.07, 6.45) is -0.612. The number of amides is 1. The Bertz CT molecular complexity index is 1290. The van der Waals surface area contributed by atoms with Gasteiger partial charge in [0.15, 0.2) is 9.84 Å². The number of aliphatic hydroxyl groups excluding tert-OH is 1. The molecule has 10 heteroatoms. The van der Waals surface area contributed by atoms with Crippen molar-refractivity contribution in [2.24, 2.45) is 5.41 Å². The normalized spacial score (nSPS) is 28.5. The van der Waals surface area contributed by atoms with Crippen LogP contribution in [-0.4, -0.2) is 93.3 Å². The van der Waals surface area contributed by atoms with Crippen LogP contribution in [0.3, 0.4) is 0 Å². The van der Waals surface area contributed by atoms with Gasteiger partial charge in [0.25, 0.3) is 0 Å². The molecule has 2 aromatic rings. The third-order valence-corrected chi connectivity index (χ3v) is 10.9. The Labute approximate surface area is 238 Å². The highest BCUT2D eigenvalue weighted by molar-refractivity contribution is 7.91. The number of rotatable bonds is 6. The number of aliphatic hydroxyl groups is 1. The second-order valence-electron chi connectivity index (χ2n) is 12.0. The standard InChI is InChI=1S/C29H39N3O5S.ClH/c1-21-8-9-25-24(18-21)26(27(33)29(2,3)20-38(25,35)36)22-6-4-7-23(19-22)30-28(34)37-17-5-13-32-14-10-31(11-15-32)12-16-32;/h4,6-9,18-19,26-27,33H,5,10-17,20H2,1-3H3;1H/t26-,27-;/m1./s1. The van der Waals surface area contributed by atoms with Crippen LogP contribution in [0.5, 0.6) is 0 Å². The van der Waals surface area contributed by atoms with Crippen LogP contribution in [0.25, 0.3) is 0 Å². The molecule has 2 atom stereocenters. The zero-order valence-electron chi connectivity index (χ0n) is 23.0. The van der Waals surface area contributed by atoms with Crippen molar-refractivity contribution in [3.8, 4) is 0 Å². The lowest BCUT2D eigenvalue weighted by molar-refractivity contribution is -0.941. The number of aryl methyl sites for hydroxylation is 1. The number of benzene rings is 2. The number of anilines is 1. The van der Waals surface area contributed by atoms with Crippen molar-refractivity contribution in [3.05, 3.63) is 59.2 Å². The van der Waals surface area contributed by atoms with Gasteiger partial charge in [0.1, 0.15) is 0 Å². The smallest absolute Gasteiger partial charge is 0.411 e. The van der Waals surface area contributed by atoms with E-state index in [4.69, 9.17) is 4.74 Å². The molecule has 2 aromatic carbocycles. The fourth-order valence-electron chi connectivity index (χ4n) is 6.43. The molecule has 39 heavy (non-hydrogen) atoms. The summed E-state index contributed by atoms with van der Waals surface area (Å²) >= 11 is 0. The molecule has 0 saturated carbocycles. The summed E-state index contributed by atoms with van der Waals surface area (Å²) in [6, 6.07) is 12.6. The van der Waals surface area contributed by atoms with E-state index in [0.29, 0.717) is 17.9 Å². The maximum absolute atomic E-state index is 13.2. The number of nitrogens with zero attached hydrogens (tertiary/aromatic N) is 2. The Balaban J connectivity index is 0.00000353. The van der Waals surface area contributed by atoms with Crippen LogP contribution in [-0.2, 0) is 14.6 Å². The summed E-state index contributed by atoms with van der Waals surface area (Å²) in [5.74, 6) is -0.704. The van der Waals surface area contributed by atoms with Crippen molar-refractivity contribution in [3.63, 3.8) is 0 Å². The molecule has 6 rings (SSSR count). The van der Waals surface area contributed by atoms with Gasteiger partial charge in [-0.25, -0.2) is 13.2 Å². The minimum atomic E-state index is -3.58. The lowest BCUT2D eigenvalue weighted by atomic mass is 9.75. The number of carbonyl (C=O) groups is 1. The fourth-order valence-corrected chi connectivity index (χ4v) is 8.55. The summed E-state index contributed by atoms with van der Waals surface area (Å²) in [5.41, 5.74) is 1.94. The molecule has 0 spiro atoms. The Kier molecular flexibility index (Phi) is 8.69. The molecule has 4 heterocycles. The fraction of sp³-hybridized carbons (Fsp3) is 0.552. The molecule has 2 bridgehead atoms. The average molecular weight is 578 g/mol. The van der Waals surface area contributed by atoms with Crippen LogP contribution in [0.2, 0.25) is 0 Å². The molecule has 4 aliphatic rings. The van der Waals surface area contributed by atoms with Gasteiger partial charge in [-0.15, -0.1) is 0 Å². The Morgan fingerprint density at radius 1 is 1.13 bits per heavy atom. The molecular formula is C29H40ClN3O5S. The predicted molar refractivity (Wildman–Crippen MR) is 147 cm³/mol. The molecule has 0 aliphatic carbocycles. The van der Waals surface area contributed by atoms with Crippen LogP contribution in [0, 0.1) is 12.3 Å². The predicted octanol–water partition coefficient (Wildman–Crippen LogP) is 0.390. The summed E-state index contributed by atoms with van der Waals surface area (Å²) in [6.45, 7) is 14.0. The maximum Gasteiger partial charge on any atom is 0.411 e. The van der Waals surface area contributed by atoms with Gasteiger partial charge in [-0.1, -0.05) is 43.7 Å². The number of sulfone groups is 1. The van der Waals surface area contributed by atoms with Crippen LogP contribution in [0.1, 0.15) is 42.9 Å². The number of piperazine rings is 3. The first-order valence-corrected chi connectivity index (χ1v) is 15.3. The summed E-state index contributed by atoms with van der Waals surface area (Å²) in [5, 5.41) is 14.3. The summed E-state index contributed by atoms with van der Waals surface area (Å²) in [4.78, 5) is 15.4. The minimum Gasteiger partial charge on any atom is -1.00 e. The van der Waals surface area contributed by atoms with Crippen molar-refractivity contribution >= 4 is 21.6 Å². The molecule has 0 aromatic heterocycles. The van der Waals surface area contributed by atoms with E-state index in [2.05, 4.69) is 10.2 Å². The number of quaternary nitrogens is 1. The first-order chi connectivity index (χ1) is 18.0. The molecular weight excluding hydrogens is 538 g/mol. The van der Waals surface area contributed by atoms with E-state index in [0.717, 1.165) is 28.6 Å². The highest BCUT2D eigenvalue weighted by atomic mass is 35.5. The number of halogens is 1. The Morgan fingerprint density at radius 2 is 1.82 bits per heavy atom. The van der Waals surface area contributed by atoms with Crippen LogP contribution >= 0.6 is 0 Å². The lowest BCUT2D eigenvalue weighted by Crippen LogP contribution is -3.00. The van der Waals surface area contributed by atoms with Crippen molar-refractivity contribution in [2.75, 3.05) is 63.5 Å². The van der Waals surface area contributed by atoms with Gasteiger partial charge in [0, 0.05) is 43.1 Å². The SMILES string of the molecule is Cc1ccc2c(c1)[C@@H](c1cccc(NC(=O)OCCC[N+]34CCN(CC3)CC4)c1)[C@@H](O)C(C)(C)CS2(=O)=O.[Cl-]. The Morgan fingerprint density at radius 3 is 2.51 bits per heavy atom. The lowest BCUT2D eigenvalue weighted by Gasteiger charge is -2.50. The molecule has 8 nitrogen and oxygen atoms in total. The number of hydrogen-bond donors (Lipinski definition) is 2. The topological polar surface area (TPSA) is 95.9 Å². The molecule has 3 fully saturated rings. The third kappa shape index (κ3) is 6.28. The highest BCUT2D eigenvalue weighted by Gasteiger charge is 2.45. The zero-order valence-corrected chi connectivity index (χ0v) is 24.6. The summed E-state index contributed by atoms with van der Waals surface area (Å²) in [7, 11) is -3.58. The van der Waals surface area contributed by atoms with E-state index in [9.17, 15) is 18.3 Å². The van der Waals surface area contributed by atoms with Gasteiger partial charge in [0.05, 0.1) is 49.5 Å². The molecule has 3 saturated heterocycles. The first-order valence-electron chi connectivity index (χ1n) is 13.6. The average Bonchev–Trinajstić information content (AvgIpc) is 2.93. The molecule has 1 amide bonds. The number of nitrogens with one attached hydrogen (secondary N) is 1. The first kappa shape index (κ1) is 29.8. The van der Waals surface area contributed by atoms with Gasteiger partial charge in [-0.05, 0) is 36.2 Å². The van der Waals surface area contributed by atoms with E-state index in [1.807, 2.05) is 25.1 Å². The van der Waals surface area contributed by atoms with Crippen LogP contribution in [0.4, 0.5) is 10.5 Å². The second-order valence-corrected chi connectivity index (χ2v) is 14.0. The highest BCUT2D eigenvalue weighted by Crippen LogP contribution is 2.45. The van der Waals surface area contributed by atoms with E-state index in [1.165, 1.54) is 39.3 Å². The van der Waals surface area contributed by atoms with Crippen LogP contribution in [0.15, 0.2) is 47.4 Å². The molecule has 0 unspecified atom stereocenters. The largest absolute Gasteiger partial charge is 1.00 e. The molecule has 4 aliphatic heterocycles. The van der Waals surface area contributed by atoms with Gasteiger partial charge in [0.2, 0.25) is 0 Å². The number of ether oxygens (including phenoxy) is 1. The van der Waals surface area contributed by atoms with Gasteiger partial charge in [-0.2, -0.15) is 0 Å². The number of carbonyl (C=O) groups excluding carboxylic acids is 1. The number of hydrogen-bond acceptors (Lipinski definition) is 6. The van der Waals surface area contributed by atoms with Gasteiger partial charge >= 0.3 is 6.09 Å². The quantitative estimate of drug-likeness (QED) is 0.381. The molecule has 2 N–H and O–H groups in total. The third-order valence-electron chi connectivity index (χ3n) is 8.69. The van der Waals surface area contributed by atoms with Crippen molar-refractivity contribution < 1.29 is 39.9 Å². The van der Waals surface area contributed by atoms with Crippen molar-refractivity contribution in [1.29, 1.82) is 0 Å². The molecule has 0 radical (unpaired) electrons. The van der Waals surface area contributed by atoms with Gasteiger partial charge < -0.3 is 26.7 Å². The molecule has 214 valence electrons. The van der Waals surface area contributed by atoms with Crippen LogP contribution < -0.4 is 17.7 Å². The monoisotopic (exact) mass is 577 g/mol. The summed E-state index contributed by atoms with van der Waals surface area (Å²) < 4.78 is 33.1. The van der Waals surface area contributed by atoms with E-state index >= 15 is 0 Å². The van der Waals surface area contributed by atoms with Gasteiger partial charge in [-0.3, -0.25) is 10.2 Å². The zero-order chi connectivity index (χ0) is 27.1. The van der Waals surface area contributed by atoms with Crippen molar-refractivity contribution in [2.45, 2.75) is 44.1 Å². The van der Waals surface area contributed by atoms with E-state index < -0.39 is 33.4 Å². The number of fused-ring (bicyclic) bond motifs is 4.